The minimum absolute atomic E-state index is 0.707. The normalized spacial score (nSPS) is 13.0. The minimum Gasteiger partial charge on any atom is -0.183 e. The number of nitrogens with zero attached hydrogens (tertiary/aromatic N) is 3. The van der Waals surface area contributed by atoms with Gasteiger partial charge < -0.3 is 0 Å². The van der Waals surface area contributed by atoms with Gasteiger partial charge in [0.2, 0.25) is 0 Å². The third-order valence-electron chi connectivity index (χ3n) is 5.51. The molecule has 0 radical (unpaired) electrons. The summed E-state index contributed by atoms with van der Waals surface area (Å²) in [5.41, 5.74) is 3.99. The Morgan fingerprint density at radius 3 is 0.821 bits per heavy atom. The zero-order chi connectivity index (χ0) is 20.4. The van der Waals surface area contributed by atoms with E-state index in [-0.39, 0.29) is 0 Å². The van der Waals surface area contributed by atoms with Gasteiger partial charge in [0.05, 0.1) is 42.3 Å². The predicted octanol–water partition coefficient (Wildman–Crippen LogP) is 6.01. The molecule has 3 nitrogen and oxygen atoms in total. The molecular weight excluding hydrogens is 361 g/mol. The van der Waals surface area contributed by atoms with Crippen molar-refractivity contribution in [3.05, 3.63) is 91.0 Å². The quantitative estimate of drug-likeness (QED) is 0.449. The average Bonchev–Trinajstić information content (AvgIpc) is 2.69. The Balaban J connectivity index is 2.23. The molecule has 3 aromatic carbocycles. The monoisotopic (exact) mass is 394 g/mol. The van der Waals surface area contributed by atoms with Gasteiger partial charge in [0.1, 0.15) is 17.1 Å². The highest BCUT2D eigenvalue weighted by atomic mass is 31.2. The number of hydrogen-bond donors (Lipinski definition) is 0. The maximum absolute atomic E-state index is 2.35. The van der Waals surface area contributed by atoms with Gasteiger partial charge >= 0.3 is 8.37 Å². The van der Waals surface area contributed by atoms with E-state index in [1.165, 1.54) is 17.1 Å². The highest BCUT2D eigenvalue weighted by molar-refractivity contribution is 7.56. The fourth-order valence-corrected chi connectivity index (χ4v) is 8.74. The molecule has 146 valence electrons. The van der Waals surface area contributed by atoms with Gasteiger partial charge in [-0.3, -0.25) is 0 Å². The number of rotatable bonds is 6. The number of quaternary nitrogens is 3. The van der Waals surface area contributed by atoms with Crippen LogP contribution >= 0.6 is 8.37 Å². The first-order valence-corrected chi connectivity index (χ1v) is 10.9. The summed E-state index contributed by atoms with van der Waals surface area (Å²) in [5, 5.41) is 0. The summed E-state index contributed by atoms with van der Waals surface area (Å²) in [6.45, 7) is 0. The third kappa shape index (κ3) is 3.76. The highest BCUT2D eigenvalue weighted by Gasteiger charge is 2.62. The summed E-state index contributed by atoms with van der Waals surface area (Å²) in [6, 6.07) is 32.7. The van der Waals surface area contributed by atoms with Crippen molar-refractivity contribution < 1.29 is 0 Å². The lowest BCUT2D eigenvalue weighted by molar-refractivity contribution is 0.470. The Bertz CT molecular complexity index is 768. The summed E-state index contributed by atoms with van der Waals surface area (Å²) in [4.78, 5) is 0. The molecule has 0 amide bonds. The largest absolute Gasteiger partial charge is 0.567 e. The van der Waals surface area contributed by atoms with Crippen molar-refractivity contribution in [1.29, 1.82) is 0 Å². The lowest BCUT2D eigenvalue weighted by Gasteiger charge is -2.46. The van der Waals surface area contributed by atoms with E-state index in [0.717, 1.165) is 12.8 Å². The van der Waals surface area contributed by atoms with Crippen LogP contribution in [0.15, 0.2) is 91.0 Å². The van der Waals surface area contributed by atoms with Crippen LogP contribution in [0.25, 0.3) is 0 Å². The van der Waals surface area contributed by atoms with Gasteiger partial charge in [-0.25, -0.2) is 0 Å². The van der Waals surface area contributed by atoms with Crippen molar-refractivity contribution in [2.45, 2.75) is 0 Å². The fourth-order valence-electron chi connectivity index (χ4n) is 4.37. The molecule has 28 heavy (non-hydrogen) atoms. The van der Waals surface area contributed by atoms with Gasteiger partial charge in [-0.05, 0) is 36.4 Å². The topological polar surface area (TPSA) is 0 Å². The van der Waals surface area contributed by atoms with E-state index in [0.29, 0.717) is 0 Å². The molecule has 0 aliphatic carbocycles. The molecule has 3 rings (SSSR count). The first-order chi connectivity index (χ1) is 13.2. The van der Waals surface area contributed by atoms with Crippen molar-refractivity contribution in [2.75, 3.05) is 42.3 Å². The minimum atomic E-state index is -0.707. The van der Waals surface area contributed by atoms with Crippen LogP contribution in [0.4, 0.5) is 17.1 Å². The molecule has 0 heterocycles. The molecule has 0 atom stereocenters. The Kier molecular flexibility index (Phi) is 5.74. The molecule has 4 heteroatoms. The maximum atomic E-state index is 2.35. The van der Waals surface area contributed by atoms with E-state index in [4.69, 9.17) is 0 Å². The van der Waals surface area contributed by atoms with Crippen molar-refractivity contribution in [1.82, 2.24) is 12.8 Å². The standard InChI is InChI=1S/C24H33N3P/c1-25(2,22-16-10-7-11-17-22)28(26(3,4)23-18-12-8-13-19-23)27(5,6)24-20-14-9-15-21-24/h7-21H,1-6H3/q+3. The first kappa shape index (κ1) is 20.7. The summed E-state index contributed by atoms with van der Waals surface area (Å²) in [7, 11) is 13.4. The van der Waals surface area contributed by atoms with Crippen LogP contribution in [-0.2, 0) is 0 Å². The molecular formula is C24H33N3P+3. The summed E-state index contributed by atoms with van der Waals surface area (Å²) in [5.74, 6) is 0. The molecule has 0 aromatic heterocycles. The van der Waals surface area contributed by atoms with Gasteiger partial charge in [-0.1, -0.05) is 54.6 Å². The number of para-hydroxylation sites is 3. The van der Waals surface area contributed by atoms with Gasteiger partial charge in [-0.15, -0.1) is 0 Å². The fraction of sp³-hybridized carbons (Fsp3) is 0.250. The predicted molar refractivity (Wildman–Crippen MR) is 127 cm³/mol. The second-order valence-electron chi connectivity index (χ2n) is 8.46. The van der Waals surface area contributed by atoms with Gasteiger partial charge in [0, 0.05) is 0 Å². The van der Waals surface area contributed by atoms with Crippen molar-refractivity contribution in [3.8, 4) is 0 Å². The molecule has 0 aliphatic heterocycles. The first-order valence-electron chi connectivity index (χ1n) is 9.69. The Morgan fingerprint density at radius 2 is 0.607 bits per heavy atom. The van der Waals surface area contributed by atoms with E-state index < -0.39 is 8.37 Å². The Labute approximate surface area is 171 Å². The van der Waals surface area contributed by atoms with Crippen molar-refractivity contribution in [2.24, 2.45) is 0 Å². The van der Waals surface area contributed by atoms with E-state index in [9.17, 15) is 0 Å². The number of hydrogen-bond acceptors (Lipinski definition) is 0. The van der Waals surface area contributed by atoms with Gasteiger partial charge in [0.15, 0.2) is 0 Å². The molecule has 0 saturated carbocycles. The van der Waals surface area contributed by atoms with Gasteiger partial charge in [0.25, 0.3) is 0 Å². The average molecular weight is 395 g/mol. The van der Waals surface area contributed by atoms with E-state index in [1.807, 2.05) is 0 Å². The van der Waals surface area contributed by atoms with E-state index in [1.54, 1.807) is 0 Å². The van der Waals surface area contributed by atoms with Crippen LogP contribution in [-0.4, -0.2) is 42.3 Å². The summed E-state index contributed by atoms with van der Waals surface area (Å²) < 4.78 is 2.46. The van der Waals surface area contributed by atoms with E-state index in [2.05, 4.69) is 133 Å². The zero-order valence-electron chi connectivity index (χ0n) is 17.9. The van der Waals surface area contributed by atoms with Crippen LogP contribution in [0.5, 0.6) is 0 Å². The Hall–Kier alpha value is -2.03. The molecule has 0 bridgehead atoms. The molecule has 0 spiro atoms. The summed E-state index contributed by atoms with van der Waals surface area (Å²) in [6.07, 6.45) is 0. The smallest absolute Gasteiger partial charge is 0.183 e. The molecule has 0 saturated heterocycles. The lowest BCUT2D eigenvalue weighted by Crippen LogP contribution is -2.59. The molecule has 0 unspecified atom stereocenters. The maximum Gasteiger partial charge on any atom is 0.567 e. The van der Waals surface area contributed by atoms with Crippen molar-refractivity contribution >= 4 is 25.4 Å². The van der Waals surface area contributed by atoms with Crippen LogP contribution in [0.1, 0.15) is 0 Å². The second-order valence-corrected chi connectivity index (χ2v) is 12.0. The zero-order valence-corrected chi connectivity index (χ0v) is 18.8. The van der Waals surface area contributed by atoms with Crippen LogP contribution in [0, 0.1) is 0 Å². The molecule has 3 aromatic rings. The summed E-state index contributed by atoms with van der Waals surface area (Å²) >= 11 is 0. The second kappa shape index (κ2) is 7.77. The van der Waals surface area contributed by atoms with Crippen LogP contribution in [0.2, 0.25) is 0 Å². The SMILES string of the molecule is C[N+](C)(c1ccccc1)P([N+](C)(C)c1ccccc1)[N+](C)(C)c1ccccc1. The molecule has 0 N–H and O–H groups in total. The van der Waals surface area contributed by atoms with Crippen LogP contribution < -0.4 is 12.8 Å². The Morgan fingerprint density at radius 1 is 0.393 bits per heavy atom. The van der Waals surface area contributed by atoms with Crippen molar-refractivity contribution in [3.63, 3.8) is 0 Å². The lowest BCUT2D eigenvalue weighted by atomic mass is 10.3. The highest BCUT2D eigenvalue weighted by Crippen LogP contribution is 2.62. The van der Waals surface area contributed by atoms with E-state index >= 15 is 0 Å². The molecule has 0 fully saturated rings. The number of benzene rings is 3. The van der Waals surface area contributed by atoms with Gasteiger partial charge in [-0.2, -0.15) is 12.8 Å². The molecule has 0 aliphatic rings. The van der Waals surface area contributed by atoms with Crippen LogP contribution in [0.3, 0.4) is 0 Å². The third-order valence-corrected chi connectivity index (χ3v) is 8.88.